The number of aryl methyl sites for hydroxylation is 1. The summed E-state index contributed by atoms with van der Waals surface area (Å²) in [7, 11) is -2.00. The van der Waals surface area contributed by atoms with E-state index in [1.165, 1.54) is 0 Å². The minimum absolute atomic E-state index is 0.242. The first kappa shape index (κ1) is 17.5. The van der Waals surface area contributed by atoms with E-state index < -0.39 is 10.0 Å². The molecule has 124 valence electrons. The van der Waals surface area contributed by atoms with Gasteiger partial charge in [-0.05, 0) is 42.2 Å². The lowest BCUT2D eigenvalue weighted by Gasteiger charge is -2.18. The minimum Gasteiger partial charge on any atom is -0.496 e. The Hall–Kier alpha value is -1.85. The molecule has 0 saturated heterocycles. The number of hydrogen-bond acceptors (Lipinski definition) is 3. The van der Waals surface area contributed by atoms with E-state index in [-0.39, 0.29) is 10.9 Å². The van der Waals surface area contributed by atoms with Gasteiger partial charge in [0.1, 0.15) is 5.75 Å². The summed E-state index contributed by atoms with van der Waals surface area (Å²) in [6.45, 7) is 3.94. The number of ether oxygens (including phenoxy) is 1. The second-order valence-electron chi connectivity index (χ2n) is 5.32. The number of nitrogens with one attached hydrogen (secondary N) is 1. The van der Waals surface area contributed by atoms with Crippen LogP contribution in [0.5, 0.6) is 5.75 Å². The van der Waals surface area contributed by atoms with Crippen LogP contribution in [-0.4, -0.2) is 15.5 Å². The normalized spacial score (nSPS) is 12.8. The molecule has 2 aromatic carbocycles. The summed E-state index contributed by atoms with van der Waals surface area (Å²) in [6, 6.07) is 14.3. The molecule has 2 aromatic rings. The Morgan fingerprint density at radius 2 is 1.78 bits per heavy atom. The van der Waals surface area contributed by atoms with Gasteiger partial charge in [-0.3, -0.25) is 0 Å². The summed E-state index contributed by atoms with van der Waals surface area (Å²) in [5.41, 5.74) is 1.84. The van der Waals surface area contributed by atoms with Crippen LogP contribution in [0.3, 0.4) is 0 Å². The lowest BCUT2D eigenvalue weighted by atomic mass is 10.1. The molecule has 0 saturated carbocycles. The summed E-state index contributed by atoms with van der Waals surface area (Å²) in [5.74, 6) is 0.710. The van der Waals surface area contributed by atoms with Gasteiger partial charge in [0.05, 0.1) is 12.0 Å². The van der Waals surface area contributed by atoms with Crippen LogP contribution in [0.2, 0.25) is 0 Å². The van der Waals surface area contributed by atoms with E-state index in [1.54, 1.807) is 25.3 Å². The van der Waals surface area contributed by atoms with Crippen molar-refractivity contribution in [1.29, 1.82) is 0 Å². The zero-order valence-electron chi connectivity index (χ0n) is 13.7. The first-order chi connectivity index (χ1) is 11.0. The second-order valence-corrected chi connectivity index (χ2v) is 7.03. The van der Waals surface area contributed by atoms with Gasteiger partial charge in [0, 0.05) is 6.04 Å². The Morgan fingerprint density at radius 3 is 2.35 bits per heavy atom. The summed E-state index contributed by atoms with van der Waals surface area (Å²) >= 11 is 0. The van der Waals surface area contributed by atoms with Crippen molar-refractivity contribution in [2.75, 3.05) is 7.11 Å². The fourth-order valence-corrected chi connectivity index (χ4v) is 3.88. The molecule has 1 unspecified atom stereocenters. The Morgan fingerprint density at radius 1 is 1.09 bits per heavy atom. The van der Waals surface area contributed by atoms with Gasteiger partial charge in [0.25, 0.3) is 0 Å². The molecule has 1 atom stereocenters. The van der Waals surface area contributed by atoms with Crippen molar-refractivity contribution in [1.82, 2.24) is 4.72 Å². The molecule has 0 fully saturated rings. The van der Waals surface area contributed by atoms with Crippen molar-refractivity contribution in [2.45, 2.75) is 37.6 Å². The van der Waals surface area contributed by atoms with Crippen molar-refractivity contribution in [3.05, 3.63) is 59.7 Å². The van der Waals surface area contributed by atoms with Gasteiger partial charge < -0.3 is 4.74 Å². The predicted molar refractivity (Wildman–Crippen MR) is 92.2 cm³/mol. The maximum absolute atomic E-state index is 12.7. The zero-order valence-corrected chi connectivity index (χ0v) is 14.6. The summed E-state index contributed by atoms with van der Waals surface area (Å²) in [4.78, 5) is 0.268. The third kappa shape index (κ3) is 4.12. The van der Waals surface area contributed by atoms with Crippen molar-refractivity contribution < 1.29 is 13.2 Å². The molecule has 0 aliphatic carbocycles. The average Bonchev–Trinajstić information content (AvgIpc) is 2.59. The van der Waals surface area contributed by atoms with Crippen molar-refractivity contribution in [3.63, 3.8) is 0 Å². The zero-order chi connectivity index (χ0) is 16.9. The largest absolute Gasteiger partial charge is 0.496 e. The van der Waals surface area contributed by atoms with Gasteiger partial charge in [-0.25, -0.2) is 13.1 Å². The number of sulfonamides is 1. The second kappa shape index (κ2) is 7.62. The SMILES string of the molecule is CCc1cc(S(=O)(=O)NC(CC)c2ccccc2)ccc1OC. The van der Waals surface area contributed by atoms with Gasteiger partial charge in [0.2, 0.25) is 10.0 Å². The van der Waals surface area contributed by atoms with Gasteiger partial charge in [-0.15, -0.1) is 0 Å². The molecule has 5 heteroatoms. The lowest BCUT2D eigenvalue weighted by Crippen LogP contribution is -2.28. The molecule has 2 rings (SSSR count). The van der Waals surface area contributed by atoms with Crippen LogP contribution in [0.15, 0.2) is 53.4 Å². The number of rotatable bonds is 7. The fourth-order valence-electron chi connectivity index (χ4n) is 2.53. The fraction of sp³-hybridized carbons (Fsp3) is 0.333. The standard InChI is InChI=1S/C18H23NO3S/c1-4-14-13-16(11-12-18(14)22-3)23(20,21)19-17(5-2)15-9-7-6-8-10-15/h6-13,17,19H,4-5H2,1-3H3. The molecule has 0 radical (unpaired) electrons. The minimum atomic E-state index is -3.58. The summed E-state index contributed by atoms with van der Waals surface area (Å²) in [5, 5.41) is 0. The van der Waals surface area contributed by atoms with Crippen LogP contribution < -0.4 is 9.46 Å². The van der Waals surface area contributed by atoms with Crippen LogP contribution in [0.4, 0.5) is 0 Å². The third-order valence-corrected chi connectivity index (χ3v) is 5.32. The van der Waals surface area contributed by atoms with Gasteiger partial charge >= 0.3 is 0 Å². The van der Waals surface area contributed by atoms with Crippen molar-refractivity contribution >= 4 is 10.0 Å². The molecule has 0 aliphatic rings. The monoisotopic (exact) mass is 333 g/mol. The van der Waals surface area contributed by atoms with Gasteiger partial charge in [0.15, 0.2) is 0 Å². The molecule has 0 amide bonds. The summed E-state index contributed by atoms with van der Waals surface area (Å²) in [6.07, 6.45) is 1.39. The van der Waals surface area contributed by atoms with Gasteiger partial charge in [-0.1, -0.05) is 44.2 Å². The highest BCUT2D eigenvalue weighted by Gasteiger charge is 2.21. The maximum atomic E-state index is 12.7. The molecular formula is C18H23NO3S. The molecule has 4 nitrogen and oxygen atoms in total. The lowest BCUT2D eigenvalue weighted by molar-refractivity contribution is 0.409. The van der Waals surface area contributed by atoms with E-state index in [1.807, 2.05) is 44.2 Å². The van der Waals surface area contributed by atoms with E-state index in [2.05, 4.69) is 4.72 Å². The molecule has 23 heavy (non-hydrogen) atoms. The maximum Gasteiger partial charge on any atom is 0.241 e. The van der Waals surface area contributed by atoms with Crippen LogP contribution in [0.1, 0.15) is 37.4 Å². The van der Waals surface area contributed by atoms with Crippen molar-refractivity contribution in [2.24, 2.45) is 0 Å². The first-order valence-electron chi connectivity index (χ1n) is 7.76. The van der Waals surface area contributed by atoms with E-state index in [9.17, 15) is 8.42 Å². The predicted octanol–water partition coefficient (Wildman–Crippen LogP) is 3.69. The number of benzene rings is 2. The first-order valence-corrected chi connectivity index (χ1v) is 9.24. The van der Waals surface area contributed by atoms with Crippen molar-refractivity contribution in [3.8, 4) is 5.75 Å². The van der Waals surface area contributed by atoms with E-state index in [4.69, 9.17) is 4.74 Å². The van der Waals surface area contributed by atoms with E-state index in [0.29, 0.717) is 18.6 Å². The molecule has 0 aromatic heterocycles. The molecule has 1 N–H and O–H groups in total. The van der Waals surface area contributed by atoms with Crippen LogP contribution in [0, 0.1) is 0 Å². The number of methoxy groups -OCH3 is 1. The highest BCUT2D eigenvalue weighted by Crippen LogP contribution is 2.25. The Balaban J connectivity index is 2.31. The number of hydrogen-bond donors (Lipinski definition) is 1. The quantitative estimate of drug-likeness (QED) is 0.841. The van der Waals surface area contributed by atoms with Crippen LogP contribution >= 0.6 is 0 Å². The van der Waals surface area contributed by atoms with Crippen LogP contribution in [0.25, 0.3) is 0 Å². The van der Waals surface area contributed by atoms with Gasteiger partial charge in [-0.2, -0.15) is 0 Å². The Labute approximate surface area is 138 Å². The highest BCUT2D eigenvalue weighted by atomic mass is 32.2. The Bertz CT molecular complexity index is 742. The molecule has 0 heterocycles. The topological polar surface area (TPSA) is 55.4 Å². The van der Waals surface area contributed by atoms with E-state index in [0.717, 1.165) is 11.1 Å². The molecule has 0 spiro atoms. The molecule has 0 bridgehead atoms. The molecular weight excluding hydrogens is 310 g/mol. The van der Waals surface area contributed by atoms with Crippen LogP contribution in [-0.2, 0) is 16.4 Å². The highest BCUT2D eigenvalue weighted by molar-refractivity contribution is 7.89. The third-order valence-electron chi connectivity index (χ3n) is 3.85. The smallest absolute Gasteiger partial charge is 0.241 e. The van der Waals surface area contributed by atoms with E-state index >= 15 is 0 Å². The average molecular weight is 333 g/mol. The molecule has 0 aliphatic heterocycles. The Kier molecular flexibility index (Phi) is 5.80. The summed E-state index contributed by atoms with van der Waals surface area (Å²) < 4.78 is 33.4.